The summed E-state index contributed by atoms with van der Waals surface area (Å²) in [7, 11) is 0. The van der Waals surface area contributed by atoms with E-state index in [1.165, 1.54) is 4.68 Å². The van der Waals surface area contributed by atoms with Crippen molar-refractivity contribution in [2.45, 2.75) is 26.1 Å². The first-order valence-corrected chi connectivity index (χ1v) is 9.00. The average molecular weight is 418 g/mol. The molecule has 0 saturated heterocycles. The van der Waals surface area contributed by atoms with E-state index >= 15 is 0 Å². The van der Waals surface area contributed by atoms with Crippen molar-refractivity contribution in [1.82, 2.24) is 20.6 Å². The molecular formula is C20H17F3N4O3. The van der Waals surface area contributed by atoms with Crippen LogP contribution in [-0.4, -0.2) is 21.6 Å². The van der Waals surface area contributed by atoms with E-state index in [1.54, 1.807) is 24.3 Å². The van der Waals surface area contributed by atoms with Crippen LogP contribution in [0.1, 0.15) is 39.8 Å². The second kappa shape index (κ2) is 8.36. The van der Waals surface area contributed by atoms with Gasteiger partial charge in [-0.1, -0.05) is 25.1 Å². The van der Waals surface area contributed by atoms with Gasteiger partial charge in [0, 0.05) is 17.5 Å². The number of alkyl halides is 3. The van der Waals surface area contributed by atoms with Crippen molar-refractivity contribution in [1.29, 1.82) is 0 Å². The van der Waals surface area contributed by atoms with Gasteiger partial charge in [-0.2, -0.15) is 18.3 Å². The van der Waals surface area contributed by atoms with E-state index in [1.807, 2.05) is 6.92 Å². The minimum absolute atomic E-state index is 0.0635. The maximum atomic E-state index is 12.6. The number of nitrogens with one attached hydrogen (secondary N) is 2. The molecule has 0 aliphatic heterocycles. The Morgan fingerprint density at radius 2 is 1.57 bits per heavy atom. The molecule has 156 valence electrons. The number of carbonyl (C=O) groups excluding carboxylic acids is 2. The molecule has 7 nitrogen and oxygen atoms in total. The SMILES string of the molecule is CCCn1nc(C(=O)NNC(=O)c2ccc(C(F)(F)F)cc2)c2ccccc2c1=O. The zero-order valence-electron chi connectivity index (χ0n) is 15.8. The van der Waals surface area contributed by atoms with E-state index in [4.69, 9.17) is 0 Å². The maximum Gasteiger partial charge on any atom is 0.416 e. The summed E-state index contributed by atoms with van der Waals surface area (Å²) in [5, 5.41) is 4.72. The third-order valence-electron chi connectivity index (χ3n) is 4.28. The van der Waals surface area contributed by atoms with Crippen LogP contribution in [0.3, 0.4) is 0 Å². The molecule has 0 aliphatic rings. The molecule has 0 radical (unpaired) electrons. The highest BCUT2D eigenvalue weighted by Crippen LogP contribution is 2.29. The minimum atomic E-state index is -4.52. The van der Waals surface area contributed by atoms with Crippen LogP contribution in [0, 0.1) is 0 Å². The normalized spacial score (nSPS) is 11.3. The molecule has 0 aliphatic carbocycles. The summed E-state index contributed by atoms with van der Waals surface area (Å²) in [5.41, 5.74) is 2.96. The molecule has 2 N–H and O–H groups in total. The molecule has 1 aromatic heterocycles. The van der Waals surface area contributed by atoms with Crippen molar-refractivity contribution in [3.63, 3.8) is 0 Å². The van der Waals surface area contributed by atoms with Crippen LogP contribution in [-0.2, 0) is 12.7 Å². The van der Waals surface area contributed by atoms with Gasteiger partial charge in [-0.3, -0.25) is 25.2 Å². The predicted octanol–water partition coefficient (Wildman–Crippen LogP) is 2.90. The fourth-order valence-electron chi connectivity index (χ4n) is 2.82. The molecule has 3 aromatic rings. The van der Waals surface area contributed by atoms with Crippen LogP contribution in [0.15, 0.2) is 53.3 Å². The van der Waals surface area contributed by atoms with Gasteiger partial charge in [0.05, 0.1) is 10.9 Å². The Balaban J connectivity index is 1.81. The lowest BCUT2D eigenvalue weighted by atomic mass is 10.1. The second-order valence-corrected chi connectivity index (χ2v) is 6.41. The van der Waals surface area contributed by atoms with Gasteiger partial charge in [0.1, 0.15) is 0 Å². The fourth-order valence-corrected chi connectivity index (χ4v) is 2.82. The van der Waals surface area contributed by atoms with Gasteiger partial charge in [-0.15, -0.1) is 0 Å². The van der Waals surface area contributed by atoms with Crippen LogP contribution >= 0.6 is 0 Å². The van der Waals surface area contributed by atoms with E-state index < -0.39 is 23.6 Å². The van der Waals surface area contributed by atoms with Crippen molar-refractivity contribution in [2.24, 2.45) is 0 Å². The lowest BCUT2D eigenvalue weighted by molar-refractivity contribution is -0.137. The Kier molecular flexibility index (Phi) is 5.86. The number of amides is 2. The van der Waals surface area contributed by atoms with Gasteiger partial charge in [-0.25, -0.2) is 4.68 Å². The molecule has 30 heavy (non-hydrogen) atoms. The highest BCUT2D eigenvalue weighted by molar-refractivity contribution is 6.06. The maximum absolute atomic E-state index is 12.6. The fraction of sp³-hybridized carbons (Fsp3) is 0.200. The van der Waals surface area contributed by atoms with E-state index in [2.05, 4.69) is 16.0 Å². The number of aromatic nitrogens is 2. The highest BCUT2D eigenvalue weighted by Gasteiger charge is 2.30. The third-order valence-corrected chi connectivity index (χ3v) is 4.28. The van der Waals surface area contributed by atoms with Crippen molar-refractivity contribution in [3.05, 3.63) is 75.7 Å². The quantitative estimate of drug-likeness (QED) is 0.638. The number of halogens is 3. The Labute approximate surface area is 168 Å². The third kappa shape index (κ3) is 4.32. The van der Waals surface area contributed by atoms with Crippen molar-refractivity contribution >= 4 is 22.6 Å². The Bertz CT molecular complexity index is 1150. The lowest BCUT2D eigenvalue weighted by Gasteiger charge is -2.12. The molecule has 0 bridgehead atoms. The summed E-state index contributed by atoms with van der Waals surface area (Å²) in [6, 6.07) is 9.98. The number of rotatable bonds is 4. The van der Waals surface area contributed by atoms with E-state index in [9.17, 15) is 27.6 Å². The first kappa shape index (κ1) is 21.0. The number of hydrogen-bond acceptors (Lipinski definition) is 4. The zero-order valence-corrected chi connectivity index (χ0v) is 15.8. The number of fused-ring (bicyclic) bond motifs is 1. The topological polar surface area (TPSA) is 93.1 Å². The van der Waals surface area contributed by atoms with Gasteiger partial charge in [0.2, 0.25) is 0 Å². The summed E-state index contributed by atoms with van der Waals surface area (Å²) >= 11 is 0. The smallest absolute Gasteiger partial charge is 0.267 e. The van der Waals surface area contributed by atoms with Gasteiger partial charge < -0.3 is 0 Å². The van der Waals surface area contributed by atoms with Crippen LogP contribution in [0.2, 0.25) is 0 Å². The van der Waals surface area contributed by atoms with Crippen LogP contribution in [0.4, 0.5) is 13.2 Å². The minimum Gasteiger partial charge on any atom is -0.267 e. The van der Waals surface area contributed by atoms with E-state index in [0.717, 1.165) is 24.3 Å². The molecule has 0 atom stereocenters. The molecule has 10 heteroatoms. The molecular weight excluding hydrogens is 401 g/mol. The predicted molar refractivity (Wildman–Crippen MR) is 103 cm³/mol. The number of hydrogen-bond donors (Lipinski definition) is 2. The first-order chi connectivity index (χ1) is 14.2. The highest BCUT2D eigenvalue weighted by atomic mass is 19.4. The molecule has 0 unspecified atom stereocenters. The number of carbonyl (C=O) groups is 2. The molecule has 0 spiro atoms. The summed E-state index contributed by atoms with van der Waals surface area (Å²) in [6.45, 7) is 2.16. The summed E-state index contributed by atoms with van der Waals surface area (Å²) in [6.07, 6.45) is -3.89. The summed E-state index contributed by atoms with van der Waals surface area (Å²) < 4.78 is 39.0. The van der Waals surface area contributed by atoms with E-state index in [0.29, 0.717) is 23.7 Å². The number of aryl methyl sites for hydroxylation is 1. The number of benzene rings is 2. The van der Waals surface area contributed by atoms with Gasteiger partial charge in [0.25, 0.3) is 17.4 Å². The Hall–Kier alpha value is -3.69. The molecule has 2 aromatic carbocycles. The van der Waals surface area contributed by atoms with Gasteiger partial charge >= 0.3 is 6.18 Å². The molecule has 0 saturated carbocycles. The van der Waals surface area contributed by atoms with Crippen molar-refractivity contribution < 1.29 is 22.8 Å². The standard InChI is InChI=1S/C20H17F3N4O3/c1-2-11-27-19(30)15-6-4-3-5-14(15)16(26-27)18(29)25-24-17(28)12-7-9-13(10-8-12)20(21,22)23/h3-10H,2,11H2,1H3,(H,24,28)(H,25,29). The molecule has 0 fully saturated rings. The Morgan fingerprint density at radius 1 is 0.967 bits per heavy atom. The van der Waals surface area contributed by atoms with Crippen LogP contribution in [0.25, 0.3) is 10.8 Å². The largest absolute Gasteiger partial charge is 0.416 e. The second-order valence-electron chi connectivity index (χ2n) is 6.41. The number of nitrogens with zero attached hydrogens (tertiary/aromatic N) is 2. The van der Waals surface area contributed by atoms with Gasteiger partial charge in [-0.05, 0) is 36.8 Å². The van der Waals surface area contributed by atoms with Crippen molar-refractivity contribution in [3.8, 4) is 0 Å². The van der Waals surface area contributed by atoms with Crippen LogP contribution in [0.5, 0.6) is 0 Å². The molecule has 3 rings (SSSR count). The van der Waals surface area contributed by atoms with Gasteiger partial charge in [0.15, 0.2) is 5.69 Å². The average Bonchev–Trinajstić information content (AvgIpc) is 2.73. The molecule has 1 heterocycles. The van der Waals surface area contributed by atoms with Crippen LogP contribution < -0.4 is 16.4 Å². The first-order valence-electron chi connectivity index (χ1n) is 9.00. The summed E-state index contributed by atoms with van der Waals surface area (Å²) in [5.74, 6) is -1.57. The van der Waals surface area contributed by atoms with E-state index in [-0.39, 0.29) is 16.8 Å². The monoisotopic (exact) mass is 418 g/mol. The lowest BCUT2D eigenvalue weighted by Crippen LogP contribution is -2.42. The summed E-state index contributed by atoms with van der Waals surface area (Å²) in [4.78, 5) is 37.2. The molecule has 2 amide bonds. The number of hydrazine groups is 1. The zero-order chi connectivity index (χ0) is 21.9. The Morgan fingerprint density at radius 3 is 2.17 bits per heavy atom. The van der Waals surface area contributed by atoms with Crippen molar-refractivity contribution in [2.75, 3.05) is 0 Å².